The van der Waals surface area contributed by atoms with Crippen LogP contribution in [0.1, 0.15) is 12.0 Å². The van der Waals surface area contributed by atoms with Crippen LogP contribution in [-0.4, -0.2) is 41.9 Å². The van der Waals surface area contributed by atoms with Gasteiger partial charge in [-0.3, -0.25) is 14.9 Å². The molecule has 0 bridgehead atoms. The third-order valence-electron chi connectivity index (χ3n) is 4.49. The first-order chi connectivity index (χ1) is 10.1. The predicted molar refractivity (Wildman–Crippen MR) is 85.1 cm³/mol. The summed E-state index contributed by atoms with van der Waals surface area (Å²) in [4.78, 5) is 24.5. The molecule has 1 aromatic rings. The van der Waals surface area contributed by atoms with Gasteiger partial charge in [-0.15, -0.1) is 12.4 Å². The zero-order valence-electron chi connectivity index (χ0n) is 12.2. The van der Waals surface area contributed by atoms with E-state index >= 15 is 0 Å². The number of aryl methyl sites for hydroxylation is 1. The molecule has 2 aliphatic rings. The van der Waals surface area contributed by atoms with Crippen LogP contribution < -0.4 is 5.32 Å². The molecule has 0 radical (unpaired) electrons. The van der Waals surface area contributed by atoms with Crippen LogP contribution in [0.25, 0.3) is 0 Å². The Balaban J connectivity index is 0.00000176. The number of nitrogens with one attached hydrogen (secondary N) is 1. The number of halogens is 1. The van der Waals surface area contributed by atoms with Crippen LogP contribution in [0.15, 0.2) is 24.3 Å². The maximum Gasteiger partial charge on any atom is 0.269 e. The van der Waals surface area contributed by atoms with Gasteiger partial charge in [-0.1, -0.05) is 12.1 Å². The zero-order valence-corrected chi connectivity index (χ0v) is 13.1. The van der Waals surface area contributed by atoms with Gasteiger partial charge >= 0.3 is 0 Å². The zero-order chi connectivity index (χ0) is 14.8. The minimum Gasteiger partial charge on any atom is -0.342 e. The Hall–Kier alpha value is -1.66. The van der Waals surface area contributed by atoms with Gasteiger partial charge in [-0.05, 0) is 23.8 Å². The second kappa shape index (κ2) is 7.07. The van der Waals surface area contributed by atoms with Crippen molar-refractivity contribution in [3.63, 3.8) is 0 Å². The van der Waals surface area contributed by atoms with Crippen LogP contribution in [0.3, 0.4) is 0 Å². The van der Waals surface area contributed by atoms with Crippen LogP contribution >= 0.6 is 12.4 Å². The van der Waals surface area contributed by atoms with E-state index in [1.807, 2.05) is 11.0 Å². The molecule has 0 saturated carbocycles. The number of nitro groups is 1. The first-order valence-electron chi connectivity index (χ1n) is 7.35. The smallest absolute Gasteiger partial charge is 0.269 e. The van der Waals surface area contributed by atoms with Crippen LogP contribution in [-0.2, 0) is 11.2 Å². The summed E-state index contributed by atoms with van der Waals surface area (Å²) < 4.78 is 0. The average Bonchev–Trinajstić information content (AvgIpc) is 3.06. The van der Waals surface area contributed by atoms with E-state index in [4.69, 9.17) is 0 Å². The first kappa shape index (κ1) is 16.7. The molecular formula is C15H20ClN3O3. The molecular weight excluding hydrogens is 306 g/mol. The number of fused-ring (bicyclic) bond motifs is 1. The Morgan fingerprint density at radius 2 is 2.00 bits per heavy atom. The predicted octanol–water partition coefficient (Wildman–Crippen LogP) is 1.63. The normalized spacial score (nSPS) is 23.0. The summed E-state index contributed by atoms with van der Waals surface area (Å²) >= 11 is 0. The van der Waals surface area contributed by atoms with Gasteiger partial charge in [0, 0.05) is 44.7 Å². The van der Waals surface area contributed by atoms with Crippen molar-refractivity contribution in [1.29, 1.82) is 0 Å². The molecule has 22 heavy (non-hydrogen) atoms. The Morgan fingerprint density at radius 3 is 2.64 bits per heavy atom. The maximum absolute atomic E-state index is 12.2. The summed E-state index contributed by atoms with van der Waals surface area (Å²) in [7, 11) is 0. The summed E-state index contributed by atoms with van der Waals surface area (Å²) in [6.45, 7) is 3.73. The summed E-state index contributed by atoms with van der Waals surface area (Å²) in [5, 5.41) is 14.1. The largest absolute Gasteiger partial charge is 0.342 e. The van der Waals surface area contributed by atoms with E-state index in [2.05, 4.69) is 5.32 Å². The van der Waals surface area contributed by atoms with Crippen molar-refractivity contribution in [3.8, 4) is 0 Å². The molecule has 2 fully saturated rings. The number of nitrogens with zero attached hydrogens (tertiary/aromatic N) is 2. The molecule has 0 spiro atoms. The fourth-order valence-corrected chi connectivity index (χ4v) is 3.29. The number of nitro benzene ring substituents is 1. The maximum atomic E-state index is 12.2. The third kappa shape index (κ3) is 3.56. The lowest BCUT2D eigenvalue weighted by Crippen LogP contribution is -2.31. The van der Waals surface area contributed by atoms with Crippen molar-refractivity contribution in [1.82, 2.24) is 10.2 Å². The second-order valence-electron chi connectivity index (χ2n) is 5.90. The molecule has 3 rings (SSSR count). The summed E-state index contributed by atoms with van der Waals surface area (Å²) in [6, 6.07) is 6.53. The Kier molecular flexibility index (Phi) is 5.37. The van der Waals surface area contributed by atoms with E-state index in [0.717, 1.165) is 31.7 Å². The standard InChI is InChI=1S/C15H19N3O3.ClH/c19-15(17-9-12-7-16-8-13(12)10-17)5-4-11-2-1-3-14(6-11)18(20)21;/h1-3,6,12-13,16H,4-5,7-10H2;1H/t12-,13+;. The van der Waals surface area contributed by atoms with E-state index in [1.54, 1.807) is 12.1 Å². The number of non-ortho nitro benzene ring substituents is 1. The third-order valence-corrected chi connectivity index (χ3v) is 4.49. The van der Waals surface area contributed by atoms with Crippen molar-refractivity contribution in [2.75, 3.05) is 26.2 Å². The van der Waals surface area contributed by atoms with Crippen molar-refractivity contribution in [2.24, 2.45) is 11.8 Å². The lowest BCUT2D eigenvalue weighted by Gasteiger charge is -2.17. The van der Waals surface area contributed by atoms with Crippen molar-refractivity contribution >= 4 is 24.0 Å². The van der Waals surface area contributed by atoms with Crippen LogP contribution in [0.5, 0.6) is 0 Å². The number of amides is 1. The SMILES string of the molecule is Cl.O=C(CCc1cccc([N+](=O)[O-])c1)N1C[C@H]2CNC[C@H]2C1. The van der Waals surface area contributed by atoms with Crippen LogP contribution in [0.2, 0.25) is 0 Å². The molecule has 2 saturated heterocycles. The Bertz CT molecular complexity index is 555. The topological polar surface area (TPSA) is 75.5 Å². The van der Waals surface area contributed by atoms with Gasteiger partial charge in [0.25, 0.3) is 5.69 Å². The quantitative estimate of drug-likeness (QED) is 0.674. The number of likely N-dealkylation sites (tertiary alicyclic amines) is 1. The fraction of sp³-hybridized carbons (Fsp3) is 0.533. The van der Waals surface area contributed by atoms with E-state index < -0.39 is 4.92 Å². The Morgan fingerprint density at radius 1 is 1.32 bits per heavy atom. The molecule has 1 aromatic carbocycles. The van der Waals surface area contributed by atoms with Crippen molar-refractivity contribution < 1.29 is 9.72 Å². The van der Waals surface area contributed by atoms with E-state index in [-0.39, 0.29) is 24.0 Å². The highest BCUT2D eigenvalue weighted by Gasteiger charge is 2.37. The number of carbonyl (C=O) groups excluding carboxylic acids is 1. The van der Waals surface area contributed by atoms with Gasteiger partial charge in [0.2, 0.25) is 5.91 Å². The van der Waals surface area contributed by atoms with Gasteiger partial charge in [0.15, 0.2) is 0 Å². The summed E-state index contributed by atoms with van der Waals surface area (Å²) in [5.74, 6) is 1.37. The summed E-state index contributed by atoms with van der Waals surface area (Å²) in [6.07, 6.45) is 0.985. The van der Waals surface area contributed by atoms with E-state index in [0.29, 0.717) is 24.7 Å². The molecule has 1 amide bonds. The summed E-state index contributed by atoms with van der Waals surface area (Å²) in [5.41, 5.74) is 0.931. The van der Waals surface area contributed by atoms with Gasteiger partial charge < -0.3 is 10.2 Å². The van der Waals surface area contributed by atoms with E-state index in [1.165, 1.54) is 6.07 Å². The monoisotopic (exact) mass is 325 g/mol. The molecule has 2 aliphatic heterocycles. The fourth-order valence-electron chi connectivity index (χ4n) is 3.29. The molecule has 1 N–H and O–H groups in total. The van der Waals surface area contributed by atoms with Gasteiger partial charge in [-0.25, -0.2) is 0 Å². The van der Waals surface area contributed by atoms with Gasteiger partial charge in [0.1, 0.15) is 0 Å². The molecule has 0 aliphatic carbocycles. The molecule has 0 unspecified atom stereocenters. The highest BCUT2D eigenvalue weighted by Crippen LogP contribution is 2.26. The van der Waals surface area contributed by atoms with Crippen LogP contribution in [0.4, 0.5) is 5.69 Å². The minimum atomic E-state index is -0.403. The number of carbonyl (C=O) groups is 1. The molecule has 6 nitrogen and oxygen atoms in total. The molecule has 120 valence electrons. The average molecular weight is 326 g/mol. The highest BCUT2D eigenvalue weighted by atomic mass is 35.5. The number of hydrogen-bond acceptors (Lipinski definition) is 4. The minimum absolute atomic E-state index is 0. The molecule has 7 heteroatoms. The Labute approximate surface area is 135 Å². The van der Waals surface area contributed by atoms with Crippen LogP contribution in [0, 0.1) is 22.0 Å². The highest BCUT2D eigenvalue weighted by molar-refractivity contribution is 5.85. The lowest BCUT2D eigenvalue weighted by molar-refractivity contribution is -0.384. The second-order valence-corrected chi connectivity index (χ2v) is 5.90. The van der Waals surface area contributed by atoms with E-state index in [9.17, 15) is 14.9 Å². The molecule has 2 atom stereocenters. The van der Waals surface area contributed by atoms with Gasteiger partial charge in [-0.2, -0.15) is 0 Å². The van der Waals surface area contributed by atoms with Crippen molar-refractivity contribution in [3.05, 3.63) is 39.9 Å². The molecule has 2 heterocycles. The number of hydrogen-bond donors (Lipinski definition) is 1. The van der Waals surface area contributed by atoms with Crippen molar-refractivity contribution in [2.45, 2.75) is 12.8 Å². The number of rotatable bonds is 4. The number of benzene rings is 1. The van der Waals surface area contributed by atoms with Gasteiger partial charge in [0.05, 0.1) is 4.92 Å². The lowest BCUT2D eigenvalue weighted by atomic mass is 10.0. The molecule has 0 aromatic heterocycles. The first-order valence-corrected chi connectivity index (χ1v) is 7.35.